The van der Waals surface area contributed by atoms with Gasteiger partial charge in [-0.3, -0.25) is 0 Å². The van der Waals surface area contributed by atoms with Crippen molar-refractivity contribution in [1.82, 2.24) is 9.36 Å². The Morgan fingerprint density at radius 1 is 1.28 bits per heavy atom. The zero-order valence-corrected chi connectivity index (χ0v) is 11.9. The summed E-state index contributed by atoms with van der Waals surface area (Å²) < 4.78 is 4.33. The molecule has 0 unspecified atom stereocenters. The number of anilines is 1. The number of rotatable bonds is 6. The summed E-state index contributed by atoms with van der Waals surface area (Å²) in [5, 5.41) is 0.955. The smallest absolute Gasteiger partial charge is 0.205 e. The maximum Gasteiger partial charge on any atom is 0.205 e. The molecule has 1 aromatic heterocycles. The molecule has 0 radical (unpaired) electrons. The third kappa shape index (κ3) is 3.43. The predicted octanol–water partition coefficient (Wildman–Crippen LogP) is 3.35. The zero-order chi connectivity index (χ0) is 12.8. The Morgan fingerprint density at radius 2 is 2.06 bits per heavy atom. The van der Waals surface area contributed by atoms with Crippen molar-refractivity contribution in [3.63, 3.8) is 0 Å². The Morgan fingerprint density at radius 3 is 2.67 bits per heavy atom. The predicted molar refractivity (Wildman–Crippen MR) is 77.5 cm³/mol. The summed E-state index contributed by atoms with van der Waals surface area (Å²) in [7, 11) is 0. The lowest BCUT2D eigenvalue weighted by Gasteiger charge is -2.20. The van der Waals surface area contributed by atoms with Gasteiger partial charge in [0.15, 0.2) is 0 Å². The van der Waals surface area contributed by atoms with Gasteiger partial charge < -0.3 is 4.90 Å². The molecule has 0 atom stereocenters. The van der Waals surface area contributed by atoms with E-state index in [1.807, 2.05) is 18.2 Å². The van der Waals surface area contributed by atoms with Crippen LogP contribution in [0.15, 0.2) is 30.3 Å². The highest BCUT2D eigenvalue weighted by Gasteiger charge is 2.11. The van der Waals surface area contributed by atoms with E-state index in [9.17, 15) is 0 Å². The van der Waals surface area contributed by atoms with Gasteiger partial charge in [-0.05, 0) is 5.56 Å². The number of halogens is 1. The van der Waals surface area contributed by atoms with Crippen molar-refractivity contribution >= 4 is 28.3 Å². The van der Waals surface area contributed by atoms with E-state index in [-0.39, 0.29) is 0 Å². The second-order valence-electron chi connectivity index (χ2n) is 3.94. The van der Waals surface area contributed by atoms with Gasteiger partial charge in [-0.1, -0.05) is 37.3 Å². The van der Waals surface area contributed by atoms with Crippen LogP contribution in [0, 0.1) is 0 Å². The van der Waals surface area contributed by atoms with E-state index in [2.05, 4.69) is 33.3 Å². The van der Waals surface area contributed by atoms with Crippen molar-refractivity contribution < 1.29 is 0 Å². The standard InChI is InChI=1S/C13H16ClN3S/c1-2-12-15-13(18-16-12)17(9-8-14)10-11-6-4-3-5-7-11/h3-7H,2,8-10H2,1H3. The third-order valence-electron chi connectivity index (χ3n) is 2.61. The summed E-state index contributed by atoms with van der Waals surface area (Å²) in [4.78, 5) is 6.70. The lowest BCUT2D eigenvalue weighted by molar-refractivity contribution is 0.823. The molecule has 0 aliphatic heterocycles. The Bertz CT molecular complexity index is 472. The summed E-state index contributed by atoms with van der Waals surface area (Å²) in [6.07, 6.45) is 0.872. The molecule has 0 saturated carbocycles. The molecule has 0 bridgehead atoms. The second-order valence-corrected chi connectivity index (χ2v) is 5.05. The average Bonchev–Trinajstić information content (AvgIpc) is 2.88. The summed E-state index contributed by atoms with van der Waals surface area (Å²) >= 11 is 7.32. The van der Waals surface area contributed by atoms with E-state index in [4.69, 9.17) is 11.6 Å². The second kappa shape index (κ2) is 6.71. The summed E-state index contributed by atoms with van der Waals surface area (Å²) in [6.45, 7) is 3.68. The summed E-state index contributed by atoms with van der Waals surface area (Å²) in [5.41, 5.74) is 1.26. The van der Waals surface area contributed by atoms with Gasteiger partial charge in [0.1, 0.15) is 5.82 Å². The highest BCUT2D eigenvalue weighted by molar-refractivity contribution is 7.09. The Hall–Kier alpha value is -1.13. The number of aryl methyl sites for hydroxylation is 1. The van der Waals surface area contributed by atoms with Crippen molar-refractivity contribution in [2.75, 3.05) is 17.3 Å². The molecule has 0 fully saturated rings. The first-order valence-electron chi connectivity index (χ1n) is 6.01. The minimum atomic E-state index is 0.591. The van der Waals surface area contributed by atoms with Crippen LogP contribution in [0.1, 0.15) is 18.3 Å². The molecule has 0 aliphatic carbocycles. The Balaban J connectivity index is 2.12. The van der Waals surface area contributed by atoms with Crippen molar-refractivity contribution in [3.05, 3.63) is 41.7 Å². The van der Waals surface area contributed by atoms with Gasteiger partial charge in [-0.15, -0.1) is 11.6 Å². The minimum Gasteiger partial charge on any atom is -0.341 e. The largest absolute Gasteiger partial charge is 0.341 e. The number of benzene rings is 1. The molecule has 0 saturated heterocycles. The van der Waals surface area contributed by atoms with E-state index >= 15 is 0 Å². The molecule has 2 rings (SSSR count). The van der Waals surface area contributed by atoms with Crippen LogP contribution in [-0.2, 0) is 13.0 Å². The molecule has 2 aromatic rings. The molecule has 5 heteroatoms. The topological polar surface area (TPSA) is 29.0 Å². The van der Waals surface area contributed by atoms with Crippen LogP contribution in [-0.4, -0.2) is 21.8 Å². The van der Waals surface area contributed by atoms with E-state index in [1.165, 1.54) is 17.1 Å². The van der Waals surface area contributed by atoms with Crippen molar-refractivity contribution in [3.8, 4) is 0 Å². The quantitative estimate of drug-likeness (QED) is 0.761. The summed E-state index contributed by atoms with van der Waals surface area (Å²) in [5.74, 6) is 1.50. The molecular formula is C13H16ClN3S. The Labute approximate surface area is 117 Å². The van der Waals surface area contributed by atoms with Crippen molar-refractivity contribution in [2.24, 2.45) is 0 Å². The minimum absolute atomic E-state index is 0.591. The van der Waals surface area contributed by atoms with Crippen LogP contribution in [0.4, 0.5) is 5.13 Å². The molecule has 18 heavy (non-hydrogen) atoms. The van der Waals surface area contributed by atoms with Gasteiger partial charge in [-0.2, -0.15) is 4.37 Å². The molecule has 0 aliphatic rings. The molecule has 0 spiro atoms. The maximum absolute atomic E-state index is 5.87. The van der Waals surface area contributed by atoms with E-state index in [0.29, 0.717) is 5.88 Å². The first-order valence-corrected chi connectivity index (χ1v) is 7.31. The van der Waals surface area contributed by atoms with Gasteiger partial charge in [0.25, 0.3) is 0 Å². The number of hydrogen-bond acceptors (Lipinski definition) is 4. The lowest BCUT2D eigenvalue weighted by atomic mass is 10.2. The molecule has 0 amide bonds. The van der Waals surface area contributed by atoms with Crippen LogP contribution in [0.3, 0.4) is 0 Å². The fourth-order valence-electron chi connectivity index (χ4n) is 1.66. The van der Waals surface area contributed by atoms with Gasteiger partial charge >= 0.3 is 0 Å². The van der Waals surface area contributed by atoms with Gasteiger partial charge in [-0.25, -0.2) is 4.98 Å². The highest BCUT2D eigenvalue weighted by atomic mass is 35.5. The first kappa shape index (κ1) is 13.3. The summed E-state index contributed by atoms with van der Waals surface area (Å²) in [6, 6.07) is 10.3. The van der Waals surface area contributed by atoms with Crippen LogP contribution in [0.5, 0.6) is 0 Å². The number of aromatic nitrogens is 2. The van der Waals surface area contributed by atoms with Gasteiger partial charge in [0.05, 0.1) is 0 Å². The first-order chi connectivity index (χ1) is 8.83. The van der Waals surface area contributed by atoms with E-state index < -0.39 is 0 Å². The van der Waals surface area contributed by atoms with Crippen molar-refractivity contribution in [1.29, 1.82) is 0 Å². The van der Waals surface area contributed by atoms with Gasteiger partial charge in [0, 0.05) is 36.9 Å². The van der Waals surface area contributed by atoms with Gasteiger partial charge in [0.2, 0.25) is 5.13 Å². The molecule has 1 heterocycles. The lowest BCUT2D eigenvalue weighted by Crippen LogP contribution is -2.24. The van der Waals surface area contributed by atoms with Crippen LogP contribution in [0.25, 0.3) is 0 Å². The molecule has 0 N–H and O–H groups in total. The maximum atomic E-state index is 5.87. The number of nitrogens with zero attached hydrogens (tertiary/aromatic N) is 3. The van der Waals surface area contributed by atoms with Crippen LogP contribution < -0.4 is 4.90 Å². The normalized spacial score (nSPS) is 10.6. The van der Waals surface area contributed by atoms with Crippen LogP contribution >= 0.6 is 23.1 Å². The zero-order valence-electron chi connectivity index (χ0n) is 10.3. The molecular weight excluding hydrogens is 266 g/mol. The highest BCUT2D eigenvalue weighted by Crippen LogP contribution is 2.20. The monoisotopic (exact) mass is 281 g/mol. The fraction of sp³-hybridized carbons (Fsp3) is 0.385. The number of hydrogen-bond donors (Lipinski definition) is 0. The molecule has 3 nitrogen and oxygen atoms in total. The SMILES string of the molecule is CCc1nsc(N(CCCl)Cc2ccccc2)n1. The number of alkyl halides is 1. The molecule has 96 valence electrons. The van der Waals surface area contributed by atoms with E-state index in [1.54, 1.807) is 0 Å². The fourth-order valence-corrected chi connectivity index (χ4v) is 2.64. The van der Waals surface area contributed by atoms with E-state index in [0.717, 1.165) is 30.5 Å². The Kier molecular flexibility index (Phi) is 4.96. The third-order valence-corrected chi connectivity index (χ3v) is 3.60. The van der Waals surface area contributed by atoms with Crippen LogP contribution in [0.2, 0.25) is 0 Å². The average molecular weight is 282 g/mol. The van der Waals surface area contributed by atoms with Crippen molar-refractivity contribution in [2.45, 2.75) is 19.9 Å². The molecule has 1 aromatic carbocycles.